The number of phenolic OH excluding ortho intramolecular Hbond substituents is 1. The lowest BCUT2D eigenvalue weighted by Crippen LogP contribution is -2.43. The third kappa shape index (κ3) is 7.23. The Morgan fingerprint density at radius 1 is 1.26 bits per heavy atom. The summed E-state index contributed by atoms with van der Waals surface area (Å²) >= 11 is 0. The molecule has 1 aromatic rings. The zero-order valence-electron chi connectivity index (χ0n) is 14.8. The van der Waals surface area contributed by atoms with Gasteiger partial charge in [-0.3, -0.25) is 0 Å². The fourth-order valence-corrected chi connectivity index (χ4v) is 2.44. The number of rotatable bonds is 11. The molecule has 132 valence electrons. The summed E-state index contributed by atoms with van der Waals surface area (Å²) in [7, 11) is 0. The van der Waals surface area contributed by atoms with Crippen molar-refractivity contribution in [1.82, 2.24) is 0 Å². The molecule has 1 rings (SSSR count). The maximum Gasteiger partial charge on any atom is 0.160 e. The highest BCUT2D eigenvalue weighted by Gasteiger charge is 2.21. The number of benzene rings is 1. The molecular weight excluding hydrogens is 290 g/mol. The summed E-state index contributed by atoms with van der Waals surface area (Å²) in [6.45, 7) is 7.02. The number of hydrogen-bond acceptors (Lipinski definition) is 4. The predicted molar refractivity (Wildman–Crippen MR) is 94.9 cm³/mol. The minimum atomic E-state index is -0.540. The van der Waals surface area contributed by atoms with Crippen LogP contribution in [-0.4, -0.2) is 29.0 Å². The molecule has 1 unspecified atom stereocenters. The first-order valence-corrected chi connectivity index (χ1v) is 8.74. The Kier molecular flexibility index (Phi) is 8.42. The van der Waals surface area contributed by atoms with Crippen molar-refractivity contribution >= 4 is 0 Å². The van der Waals surface area contributed by atoms with E-state index in [2.05, 4.69) is 13.8 Å². The molecular formula is C19H33NO3. The lowest BCUT2D eigenvalue weighted by molar-refractivity contribution is 0.183. The summed E-state index contributed by atoms with van der Waals surface area (Å²) in [6, 6.07) is 5.50. The van der Waals surface area contributed by atoms with E-state index in [1.54, 1.807) is 6.07 Å². The van der Waals surface area contributed by atoms with Gasteiger partial charge in [0.15, 0.2) is 11.5 Å². The van der Waals surface area contributed by atoms with Gasteiger partial charge in [0.1, 0.15) is 0 Å². The summed E-state index contributed by atoms with van der Waals surface area (Å²) in [5.74, 6) is 1.43. The van der Waals surface area contributed by atoms with Gasteiger partial charge < -0.3 is 20.7 Å². The summed E-state index contributed by atoms with van der Waals surface area (Å²) in [4.78, 5) is 0. The standard InChI is InChI=1S/C19H33NO3/c1-4-19(20,14-21)11-10-16-8-9-18(17(22)13-16)23-12-6-5-7-15(2)3/h8-9,13,15,21-22H,4-7,10-12,14,20H2,1-3H3. The van der Waals surface area contributed by atoms with Crippen molar-refractivity contribution in [3.05, 3.63) is 23.8 Å². The van der Waals surface area contributed by atoms with Crippen molar-refractivity contribution in [2.45, 2.75) is 64.8 Å². The zero-order valence-corrected chi connectivity index (χ0v) is 14.8. The Morgan fingerprint density at radius 3 is 2.57 bits per heavy atom. The normalized spacial score (nSPS) is 14.0. The molecule has 0 fully saturated rings. The largest absolute Gasteiger partial charge is 0.504 e. The Labute approximate surface area is 140 Å². The lowest BCUT2D eigenvalue weighted by Gasteiger charge is -2.25. The second-order valence-electron chi connectivity index (χ2n) is 6.91. The molecule has 0 bridgehead atoms. The Bertz CT molecular complexity index is 456. The van der Waals surface area contributed by atoms with Crippen LogP contribution in [0.15, 0.2) is 18.2 Å². The third-order valence-electron chi connectivity index (χ3n) is 4.39. The molecule has 1 aromatic carbocycles. The van der Waals surface area contributed by atoms with Gasteiger partial charge in [-0.1, -0.05) is 33.3 Å². The number of unbranched alkanes of at least 4 members (excludes halogenated alkanes) is 1. The highest BCUT2D eigenvalue weighted by atomic mass is 16.5. The average Bonchev–Trinajstić information content (AvgIpc) is 2.53. The van der Waals surface area contributed by atoms with Gasteiger partial charge in [-0.2, -0.15) is 0 Å². The first kappa shape index (κ1) is 19.8. The fourth-order valence-electron chi connectivity index (χ4n) is 2.44. The van der Waals surface area contributed by atoms with Crippen molar-refractivity contribution in [1.29, 1.82) is 0 Å². The van der Waals surface area contributed by atoms with E-state index in [9.17, 15) is 10.2 Å². The van der Waals surface area contributed by atoms with Crippen molar-refractivity contribution in [2.75, 3.05) is 13.2 Å². The number of aryl methyl sites for hydroxylation is 1. The molecule has 4 N–H and O–H groups in total. The molecule has 4 heteroatoms. The van der Waals surface area contributed by atoms with Gasteiger partial charge in [-0.05, 0) is 55.7 Å². The van der Waals surface area contributed by atoms with Gasteiger partial charge in [-0.15, -0.1) is 0 Å². The van der Waals surface area contributed by atoms with E-state index >= 15 is 0 Å². The topological polar surface area (TPSA) is 75.7 Å². The van der Waals surface area contributed by atoms with Crippen LogP contribution in [0.3, 0.4) is 0 Å². The molecule has 0 saturated carbocycles. The third-order valence-corrected chi connectivity index (χ3v) is 4.39. The molecule has 0 aliphatic rings. The molecule has 0 aromatic heterocycles. The molecule has 0 aliphatic carbocycles. The van der Waals surface area contributed by atoms with Crippen LogP contribution in [0, 0.1) is 5.92 Å². The van der Waals surface area contributed by atoms with Gasteiger partial charge in [-0.25, -0.2) is 0 Å². The molecule has 0 heterocycles. The van der Waals surface area contributed by atoms with Gasteiger partial charge in [0, 0.05) is 5.54 Å². The number of phenols is 1. The molecule has 0 spiro atoms. The van der Waals surface area contributed by atoms with Crippen LogP contribution >= 0.6 is 0 Å². The van der Waals surface area contributed by atoms with E-state index in [1.807, 2.05) is 19.1 Å². The molecule has 4 nitrogen and oxygen atoms in total. The van der Waals surface area contributed by atoms with Crippen LogP contribution in [0.1, 0.15) is 58.4 Å². The van der Waals surface area contributed by atoms with Crippen LogP contribution in [0.2, 0.25) is 0 Å². The Morgan fingerprint density at radius 2 is 2.00 bits per heavy atom. The average molecular weight is 323 g/mol. The number of aromatic hydroxyl groups is 1. The van der Waals surface area contributed by atoms with E-state index in [0.29, 0.717) is 18.8 Å². The van der Waals surface area contributed by atoms with Crippen molar-refractivity contribution < 1.29 is 14.9 Å². The summed E-state index contributed by atoms with van der Waals surface area (Å²) in [5, 5.41) is 19.4. The van der Waals surface area contributed by atoms with E-state index in [1.165, 1.54) is 6.42 Å². The minimum absolute atomic E-state index is 0.0208. The summed E-state index contributed by atoms with van der Waals surface area (Å²) in [6.07, 6.45) is 5.50. The Balaban J connectivity index is 2.45. The second-order valence-corrected chi connectivity index (χ2v) is 6.91. The first-order chi connectivity index (χ1) is 10.9. The van der Waals surface area contributed by atoms with Crippen LogP contribution in [0.5, 0.6) is 11.5 Å². The number of aliphatic hydroxyl groups excluding tert-OH is 1. The molecule has 0 aliphatic heterocycles. The molecule has 0 radical (unpaired) electrons. The fraction of sp³-hybridized carbons (Fsp3) is 0.684. The monoisotopic (exact) mass is 323 g/mol. The van der Waals surface area contributed by atoms with Crippen LogP contribution in [0.25, 0.3) is 0 Å². The zero-order chi connectivity index (χ0) is 17.3. The van der Waals surface area contributed by atoms with Gasteiger partial charge in [0.25, 0.3) is 0 Å². The van der Waals surface area contributed by atoms with Crippen molar-refractivity contribution in [3.63, 3.8) is 0 Å². The van der Waals surface area contributed by atoms with Gasteiger partial charge >= 0.3 is 0 Å². The highest BCUT2D eigenvalue weighted by molar-refractivity contribution is 5.41. The maximum atomic E-state index is 10.1. The number of aliphatic hydroxyl groups is 1. The van der Waals surface area contributed by atoms with E-state index in [4.69, 9.17) is 10.5 Å². The molecule has 0 amide bonds. The lowest BCUT2D eigenvalue weighted by atomic mass is 9.90. The molecule has 1 atom stereocenters. The quantitative estimate of drug-likeness (QED) is 0.544. The van der Waals surface area contributed by atoms with Crippen molar-refractivity contribution in [2.24, 2.45) is 11.7 Å². The minimum Gasteiger partial charge on any atom is -0.504 e. The summed E-state index contributed by atoms with van der Waals surface area (Å²) in [5.41, 5.74) is 6.56. The van der Waals surface area contributed by atoms with Crippen molar-refractivity contribution in [3.8, 4) is 11.5 Å². The van der Waals surface area contributed by atoms with Crippen LogP contribution in [0.4, 0.5) is 0 Å². The molecule has 0 saturated heterocycles. The number of ether oxygens (including phenoxy) is 1. The Hall–Kier alpha value is -1.26. The van der Waals surface area contributed by atoms with Gasteiger partial charge in [0.05, 0.1) is 13.2 Å². The highest BCUT2D eigenvalue weighted by Crippen LogP contribution is 2.28. The van der Waals surface area contributed by atoms with E-state index in [0.717, 1.165) is 37.2 Å². The maximum absolute atomic E-state index is 10.1. The van der Waals surface area contributed by atoms with Gasteiger partial charge in [0.2, 0.25) is 0 Å². The first-order valence-electron chi connectivity index (χ1n) is 8.74. The SMILES string of the molecule is CCC(N)(CO)CCc1ccc(OCCCCC(C)C)c(O)c1. The van der Waals surface area contributed by atoms with Crippen LogP contribution in [-0.2, 0) is 6.42 Å². The number of hydrogen-bond donors (Lipinski definition) is 3. The van der Waals surface area contributed by atoms with Crippen LogP contribution < -0.4 is 10.5 Å². The smallest absolute Gasteiger partial charge is 0.160 e. The second kappa shape index (κ2) is 9.78. The van der Waals surface area contributed by atoms with E-state index in [-0.39, 0.29) is 12.4 Å². The molecule has 23 heavy (non-hydrogen) atoms. The predicted octanol–water partition coefficient (Wildman–Crippen LogP) is 3.63. The number of nitrogens with two attached hydrogens (primary N) is 1. The van der Waals surface area contributed by atoms with E-state index < -0.39 is 5.54 Å². The summed E-state index contributed by atoms with van der Waals surface area (Å²) < 4.78 is 5.65.